The van der Waals surface area contributed by atoms with Crippen LogP contribution in [0, 0.1) is 12.7 Å². The van der Waals surface area contributed by atoms with Crippen molar-refractivity contribution in [3.8, 4) is 17.2 Å². The molecule has 1 fully saturated rings. The summed E-state index contributed by atoms with van der Waals surface area (Å²) in [6.45, 7) is 6.46. The number of carbonyl (C=O) groups excluding carboxylic acids is 3. The minimum Gasteiger partial charge on any atom is -0.484 e. The number of hydrogen-bond acceptors (Lipinski definition) is 7. The first kappa shape index (κ1) is 31.3. The van der Waals surface area contributed by atoms with Crippen molar-refractivity contribution in [1.82, 2.24) is 14.7 Å². The second-order valence-corrected chi connectivity index (χ2v) is 10.8. The number of ether oxygens (including phenoxy) is 3. The van der Waals surface area contributed by atoms with Crippen molar-refractivity contribution in [3.63, 3.8) is 0 Å². The number of benzene rings is 2. The van der Waals surface area contributed by atoms with Crippen molar-refractivity contribution < 1.29 is 46.2 Å². The molecule has 0 aliphatic carbocycles. The summed E-state index contributed by atoms with van der Waals surface area (Å²) in [4.78, 5) is 39.6. The van der Waals surface area contributed by atoms with Gasteiger partial charge in [0.15, 0.2) is 18.2 Å². The first-order valence-corrected chi connectivity index (χ1v) is 13.3. The third kappa shape index (κ3) is 8.02. The van der Waals surface area contributed by atoms with Crippen molar-refractivity contribution in [2.24, 2.45) is 0 Å². The lowest BCUT2D eigenvalue weighted by Gasteiger charge is -2.23. The van der Waals surface area contributed by atoms with Crippen LogP contribution in [0.2, 0.25) is 0 Å². The van der Waals surface area contributed by atoms with Crippen LogP contribution in [0.3, 0.4) is 0 Å². The van der Waals surface area contributed by atoms with Crippen LogP contribution in [0.15, 0.2) is 48.7 Å². The van der Waals surface area contributed by atoms with E-state index >= 15 is 4.39 Å². The Bertz CT molecular complexity index is 1500. The van der Waals surface area contributed by atoms with E-state index in [-0.39, 0.29) is 28.4 Å². The number of likely N-dealkylation sites (tertiary alicyclic amines) is 1. The Kier molecular flexibility index (Phi) is 8.97. The van der Waals surface area contributed by atoms with E-state index < -0.39 is 54.0 Å². The Labute approximate surface area is 244 Å². The van der Waals surface area contributed by atoms with Gasteiger partial charge in [0.05, 0.1) is 5.56 Å². The topological polar surface area (TPSA) is 112 Å². The molecule has 230 valence electrons. The van der Waals surface area contributed by atoms with Crippen LogP contribution in [0.25, 0.3) is 5.69 Å². The summed E-state index contributed by atoms with van der Waals surface area (Å²) in [6.07, 6.45) is -2.43. The number of hydrogen-bond donors (Lipinski definition) is 1. The van der Waals surface area contributed by atoms with Crippen LogP contribution in [0.5, 0.6) is 11.5 Å². The maximum atomic E-state index is 15.2. The summed E-state index contributed by atoms with van der Waals surface area (Å²) in [5.74, 6) is -2.48. The first-order valence-electron chi connectivity index (χ1n) is 13.3. The predicted molar refractivity (Wildman–Crippen MR) is 145 cm³/mol. The van der Waals surface area contributed by atoms with Gasteiger partial charge in [-0.25, -0.2) is 13.9 Å². The van der Waals surface area contributed by atoms with E-state index in [4.69, 9.17) is 9.47 Å². The summed E-state index contributed by atoms with van der Waals surface area (Å²) in [5, 5.41) is 6.86. The second-order valence-electron chi connectivity index (χ2n) is 10.8. The quantitative estimate of drug-likeness (QED) is 0.278. The molecule has 1 N–H and O–H groups in total. The van der Waals surface area contributed by atoms with E-state index in [2.05, 4.69) is 15.2 Å². The van der Waals surface area contributed by atoms with E-state index in [1.54, 1.807) is 20.8 Å². The molecule has 0 radical (unpaired) electrons. The van der Waals surface area contributed by atoms with Gasteiger partial charge in [-0.3, -0.25) is 9.59 Å². The highest BCUT2D eigenvalue weighted by atomic mass is 19.4. The maximum Gasteiger partial charge on any atom is 0.573 e. The van der Waals surface area contributed by atoms with Gasteiger partial charge in [-0.2, -0.15) is 0 Å². The number of halogens is 4. The zero-order chi connectivity index (χ0) is 31.5. The average Bonchev–Trinajstić information content (AvgIpc) is 3.58. The molecule has 1 aliphatic rings. The van der Waals surface area contributed by atoms with Gasteiger partial charge in [0.1, 0.15) is 28.8 Å². The lowest BCUT2D eigenvalue weighted by atomic mass is 10.1. The molecule has 0 unspecified atom stereocenters. The molecular weight excluding hydrogens is 576 g/mol. The Hall–Kier alpha value is -4.62. The molecule has 43 heavy (non-hydrogen) atoms. The Morgan fingerprint density at radius 3 is 2.35 bits per heavy atom. The fourth-order valence-corrected chi connectivity index (χ4v) is 4.44. The summed E-state index contributed by atoms with van der Waals surface area (Å²) >= 11 is 0. The monoisotopic (exact) mass is 606 g/mol. The lowest BCUT2D eigenvalue weighted by Crippen LogP contribution is -2.45. The Morgan fingerprint density at radius 2 is 1.70 bits per heavy atom. The molecule has 2 heterocycles. The summed E-state index contributed by atoms with van der Waals surface area (Å²) < 4.78 is 67.9. The van der Waals surface area contributed by atoms with E-state index in [0.717, 1.165) is 12.1 Å². The van der Waals surface area contributed by atoms with Gasteiger partial charge in [0, 0.05) is 24.4 Å². The number of nitrogens with zero attached hydrogens (tertiary/aromatic N) is 3. The summed E-state index contributed by atoms with van der Waals surface area (Å²) in [6, 6.07) is 8.05. The third-order valence-electron chi connectivity index (χ3n) is 6.37. The van der Waals surface area contributed by atoms with E-state index in [9.17, 15) is 27.6 Å². The highest BCUT2D eigenvalue weighted by Gasteiger charge is 2.35. The van der Waals surface area contributed by atoms with Gasteiger partial charge in [-0.05, 0) is 76.9 Å². The smallest absolute Gasteiger partial charge is 0.484 e. The van der Waals surface area contributed by atoms with Crippen molar-refractivity contribution >= 4 is 23.6 Å². The molecule has 0 saturated carbocycles. The number of rotatable bonds is 8. The van der Waals surface area contributed by atoms with Gasteiger partial charge >= 0.3 is 12.3 Å². The molecule has 1 aliphatic heterocycles. The fraction of sp³-hybridized carbons (Fsp3) is 0.379. The third-order valence-corrected chi connectivity index (χ3v) is 6.37. The number of anilines is 1. The molecule has 10 nitrogen and oxygen atoms in total. The van der Waals surface area contributed by atoms with Crippen LogP contribution in [-0.2, 0) is 14.3 Å². The summed E-state index contributed by atoms with van der Waals surface area (Å²) in [5.41, 5.74) is -0.525. The highest BCUT2D eigenvalue weighted by Crippen LogP contribution is 2.26. The normalized spacial score (nSPS) is 15.3. The molecule has 14 heteroatoms. The average molecular weight is 607 g/mol. The van der Waals surface area contributed by atoms with Crippen molar-refractivity contribution in [1.29, 1.82) is 0 Å². The molecule has 0 spiro atoms. The van der Waals surface area contributed by atoms with E-state index in [0.29, 0.717) is 19.4 Å². The number of alkyl halides is 3. The van der Waals surface area contributed by atoms with Crippen molar-refractivity contribution in [2.75, 3.05) is 18.5 Å². The lowest BCUT2D eigenvalue weighted by molar-refractivity contribution is -0.274. The van der Waals surface area contributed by atoms with Gasteiger partial charge < -0.3 is 24.4 Å². The standard InChI is InChI=1S/C29H30F4N4O6/c1-17-20(27(40)43-28(2,3)4)11-12-21(25(17)30)37-15-13-23(35-37)34-26(39)22-6-5-14-36(22)24(38)16-41-18-7-9-19(10-8-18)42-29(31,32)33/h7-13,15,22H,5-6,14,16H2,1-4H3,(H,34,35,39)/t22-/m1/s1. The Morgan fingerprint density at radius 1 is 1.02 bits per heavy atom. The van der Waals surface area contributed by atoms with Crippen LogP contribution in [0.4, 0.5) is 23.4 Å². The van der Waals surface area contributed by atoms with Crippen LogP contribution in [-0.4, -0.2) is 63.6 Å². The minimum absolute atomic E-state index is 0.0538. The Balaban J connectivity index is 1.36. The van der Waals surface area contributed by atoms with Crippen LogP contribution in [0.1, 0.15) is 49.5 Å². The zero-order valence-corrected chi connectivity index (χ0v) is 23.8. The molecule has 1 atom stereocenters. The van der Waals surface area contributed by atoms with E-state index in [1.165, 1.54) is 53.0 Å². The van der Waals surface area contributed by atoms with Crippen LogP contribution < -0.4 is 14.8 Å². The molecule has 3 aromatic rings. The number of aromatic nitrogens is 2. The van der Waals surface area contributed by atoms with Gasteiger partial charge in [0.25, 0.3) is 5.91 Å². The first-order chi connectivity index (χ1) is 20.1. The number of nitrogens with one attached hydrogen (secondary N) is 1. The number of esters is 1. The molecule has 1 saturated heterocycles. The molecule has 1 aromatic heterocycles. The van der Waals surface area contributed by atoms with Gasteiger partial charge in [0.2, 0.25) is 5.91 Å². The molecule has 2 aromatic carbocycles. The zero-order valence-electron chi connectivity index (χ0n) is 23.8. The SMILES string of the molecule is Cc1c(C(=O)OC(C)(C)C)ccc(-n2ccc(NC(=O)[C@H]3CCCN3C(=O)COc3ccc(OC(F)(F)F)cc3)n2)c1F. The van der Waals surface area contributed by atoms with E-state index in [1.807, 2.05) is 0 Å². The maximum absolute atomic E-state index is 15.2. The summed E-state index contributed by atoms with van der Waals surface area (Å²) in [7, 11) is 0. The van der Waals surface area contributed by atoms with Crippen molar-refractivity contribution in [2.45, 2.75) is 58.5 Å². The largest absolute Gasteiger partial charge is 0.573 e. The highest BCUT2D eigenvalue weighted by molar-refractivity contribution is 5.97. The number of amides is 2. The predicted octanol–water partition coefficient (Wildman–Crippen LogP) is 5.18. The van der Waals surface area contributed by atoms with Crippen LogP contribution >= 0.6 is 0 Å². The van der Waals surface area contributed by atoms with Gasteiger partial charge in [-0.15, -0.1) is 18.3 Å². The second kappa shape index (κ2) is 12.3. The molecule has 4 rings (SSSR count). The molecular formula is C29H30F4N4O6. The fourth-order valence-electron chi connectivity index (χ4n) is 4.44. The molecule has 2 amide bonds. The minimum atomic E-state index is -4.83. The number of carbonyl (C=O) groups is 3. The van der Waals surface area contributed by atoms with Gasteiger partial charge in [-0.1, -0.05) is 0 Å². The van der Waals surface area contributed by atoms with Crippen molar-refractivity contribution in [3.05, 3.63) is 65.6 Å². The molecule has 0 bridgehead atoms.